The van der Waals surface area contributed by atoms with Crippen LogP contribution in [0.1, 0.15) is 25.3 Å². The third-order valence-electron chi connectivity index (χ3n) is 3.16. The summed E-state index contributed by atoms with van der Waals surface area (Å²) in [6, 6.07) is 6.90. The van der Waals surface area contributed by atoms with Gasteiger partial charge in [0.1, 0.15) is 0 Å². The molecule has 0 radical (unpaired) electrons. The summed E-state index contributed by atoms with van der Waals surface area (Å²) in [6.07, 6.45) is 1.24. The zero-order valence-electron chi connectivity index (χ0n) is 14.0. The van der Waals surface area contributed by atoms with Crippen molar-refractivity contribution in [3.05, 3.63) is 36.0 Å². The van der Waals surface area contributed by atoms with E-state index in [-0.39, 0.29) is 0 Å². The second-order valence-corrected chi connectivity index (χ2v) is 4.24. The number of aromatic nitrogens is 1. The average molecular weight is 219 g/mol. The van der Waals surface area contributed by atoms with Gasteiger partial charge in [-0.05, 0) is 44.4 Å². The molecule has 2 heteroatoms. The van der Waals surface area contributed by atoms with E-state index >= 15 is 0 Å². The van der Waals surface area contributed by atoms with E-state index in [2.05, 4.69) is 4.98 Å². The molecule has 1 N–H and O–H groups in total. The highest BCUT2D eigenvalue weighted by molar-refractivity contribution is 5.83. The summed E-state index contributed by atoms with van der Waals surface area (Å²) < 4.78 is 39.9. The first kappa shape index (κ1) is 5.87. The van der Waals surface area contributed by atoms with Crippen molar-refractivity contribution >= 4 is 10.9 Å². The predicted molar refractivity (Wildman–Crippen MR) is 67.7 cm³/mol. The Balaban J connectivity index is 2.03. The van der Waals surface area contributed by atoms with E-state index in [9.17, 15) is 0 Å². The van der Waals surface area contributed by atoms with Crippen molar-refractivity contribution < 1.29 is 6.85 Å². The Hall–Kier alpha value is -1.28. The van der Waals surface area contributed by atoms with Crippen molar-refractivity contribution in [1.82, 2.24) is 9.88 Å². The van der Waals surface area contributed by atoms with Gasteiger partial charge in [-0.1, -0.05) is 18.2 Å². The van der Waals surface area contributed by atoms with Gasteiger partial charge < -0.3 is 9.88 Å². The number of nitrogens with one attached hydrogen (secondary N) is 1. The lowest BCUT2D eigenvalue weighted by atomic mass is 10.0. The standard InChI is InChI=1S/C14H18N2/c1-16-8-4-5-12(16)9-11-10-15-14-7-3-2-6-13(11)14/h2-3,6-7,10,12,15H,4-5,8-9H2,1H3/t12-/m1/s1/i1D3,9D2. The van der Waals surface area contributed by atoms with Crippen molar-refractivity contribution in [3.8, 4) is 0 Å². The fourth-order valence-corrected chi connectivity index (χ4v) is 2.29. The zero-order valence-corrected chi connectivity index (χ0v) is 9.03. The fourth-order valence-electron chi connectivity index (χ4n) is 2.29. The van der Waals surface area contributed by atoms with Gasteiger partial charge >= 0.3 is 0 Å². The lowest BCUT2D eigenvalue weighted by molar-refractivity contribution is 0.310. The number of fused-ring (bicyclic) bond motifs is 1. The van der Waals surface area contributed by atoms with Crippen LogP contribution in [0.5, 0.6) is 0 Å². The van der Waals surface area contributed by atoms with Gasteiger partial charge in [0.2, 0.25) is 0 Å². The normalized spacial score (nSPS) is 28.2. The fraction of sp³-hybridized carbons (Fsp3) is 0.429. The minimum absolute atomic E-state index is 0.420. The first-order chi connectivity index (χ1) is 9.82. The van der Waals surface area contributed by atoms with Gasteiger partial charge in [0.15, 0.2) is 0 Å². The Morgan fingerprint density at radius 3 is 3.44 bits per heavy atom. The third kappa shape index (κ3) is 1.63. The quantitative estimate of drug-likeness (QED) is 0.823. The van der Waals surface area contributed by atoms with Crippen molar-refractivity contribution in [1.29, 1.82) is 0 Å². The summed E-state index contributed by atoms with van der Waals surface area (Å²) in [6.45, 7) is -1.83. The number of hydrogen-bond acceptors (Lipinski definition) is 1. The maximum Gasteiger partial charge on any atom is 0.0456 e. The number of benzene rings is 1. The smallest absolute Gasteiger partial charge is 0.0456 e. The summed E-state index contributed by atoms with van der Waals surface area (Å²) >= 11 is 0. The average Bonchev–Trinajstić information content (AvgIpc) is 3.05. The van der Waals surface area contributed by atoms with Gasteiger partial charge in [-0.15, -0.1) is 0 Å². The Morgan fingerprint density at radius 1 is 1.56 bits per heavy atom. The van der Waals surface area contributed by atoms with Crippen LogP contribution in [0.2, 0.25) is 0 Å². The van der Waals surface area contributed by atoms with Crippen LogP contribution < -0.4 is 0 Å². The molecule has 1 aromatic carbocycles. The van der Waals surface area contributed by atoms with Crippen LogP contribution in [-0.4, -0.2) is 29.4 Å². The van der Waals surface area contributed by atoms with Crippen LogP contribution >= 0.6 is 0 Å². The van der Waals surface area contributed by atoms with E-state index in [4.69, 9.17) is 6.85 Å². The molecule has 2 aromatic rings. The van der Waals surface area contributed by atoms with E-state index in [1.807, 2.05) is 24.3 Å². The van der Waals surface area contributed by atoms with E-state index < -0.39 is 19.4 Å². The lowest BCUT2D eigenvalue weighted by Crippen LogP contribution is -2.26. The molecule has 1 aliphatic heterocycles. The minimum atomic E-state index is -2.25. The number of H-pyrrole nitrogens is 1. The van der Waals surface area contributed by atoms with Gasteiger partial charge in [0, 0.05) is 30.0 Å². The molecule has 1 saturated heterocycles. The minimum Gasteiger partial charge on any atom is -0.361 e. The maximum absolute atomic E-state index is 8.53. The van der Waals surface area contributed by atoms with E-state index in [0.29, 0.717) is 24.9 Å². The molecule has 0 amide bonds. The van der Waals surface area contributed by atoms with E-state index in [0.717, 1.165) is 10.9 Å². The highest BCUT2D eigenvalue weighted by atomic mass is 15.1. The van der Waals surface area contributed by atoms with Crippen LogP contribution in [0.3, 0.4) is 0 Å². The first-order valence-electron chi connectivity index (χ1n) is 8.15. The van der Waals surface area contributed by atoms with Gasteiger partial charge in [-0.3, -0.25) is 0 Å². The summed E-state index contributed by atoms with van der Waals surface area (Å²) in [5, 5.41) is 0.819. The molecule has 3 rings (SSSR count). The Bertz CT molecular complexity index is 646. The predicted octanol–water partition coefficient (Wildman–Crippen LogP) is 2.80. The van der Waals surface area contributed by atoms with Crippen molar-refractivity contribution in [3.63, 3.8) is 0 Å². The van der Waals surface area contributed by atoms with Crippen LogP contribution in [0.25, 0.3) is 10.9 Å². The summed E-state index contributed by atoms with van der Waals surface area (Å²) in [5.74, 6) is 0. The Kier molecular flexibility index (Phi) is 1.45. The third-order valence-corrected chi connectivity index (χ3v) is 3.16. The maximum atomic E-state index is 8.53. The van der Waals surface area contributed by atoms with Crippen LogP contribution in [-0.2, 0) is 6.37 Å². The molecule has 0 spiro atoms. The molecule has 84 valence electrons. The largest absolute Gasteiger partial charge is 0.361 e. The van der Waals surface area contributed by atoms with Crippen LogP contribution in [0.4, 0.5) is 0 Å². The van der Waals surface area contributed by atoms with Gasteiger partial charge in [0.25, 0.3) is 0 Å². The molecule has 16 heavy (non-hydrogen) atoms. The Labute approximate surface area is 103 Å². The van der Waals surface area contributed by atoms with Gasteiger partial charge in [-0.25, -0.2) is 0 Å². The molecule has 1 atom stereocenters. The van der Waals surface area contributed by atoms with E-state index in [1.54, 1.807) is 6.20 Å². The number of para-hydroxylation sites is 1. The number of likely N-dealkylation sites (tertiary alicyclic amines) is 1. The number of aromatic amines is 1. The van der Waals surface area contributed by atoms with Crippen molar-refractivity contribution in [2.24, 2.45) is 0 Å². The molecule has 1 fully saturated rings. The highest BCUT2D eigenvalue weighted by Crippen LogP contribution is 2.24. The van der Waals surface area contributed by atoms with Gasteiger partial charge in [0.05, 0.1) is 0 Å². The molecule has 1 aromatic heterocycles. The monoisotopic (exact) mass is 219 g/mol. The summed E-state index contributed by atoms with van der Waals surface area (Å²) in [5.41, 5.74) is 1.41. The van der Waals surface area contributed by atoms with Crippen LogP contribution in [0.15, 0.2) is 30.5 Å². The molecule has 1 aliphatic rings. The van der Waals surface area contributed by atoms with Crippen LogP contribution in [0, 0.1) is 0 Å². The molecule has 0 bridgehead atoms. The highest BCUT2D eigenvalue weighted by Gasteiger charge is 2.21. The summed E-state index contributed by atoms with van der Waals surface area (Å²) in [4.78, 5) is 4.40. The molecule has 0 aliphatic carbocycles. The van der Waals surface area contributed by atoms with Gasteiger partial charge in [-0.2, -0.15) is 0 Å². The molecule has 2 nitrogen and oxygen atoms in total. The summed E-state index contributed by atoms with van der Waals surface area (Å²) in [7, 11) is 0. The number of rotatable bonds is 2. The molecular formula is C14H18N2. The molecule has 2 heterocycles. The zero-order chi connectivity index (χ0) is 15.3. The second kappa shape index (κ2) is 3.95. The van der Waals surface area contributed by atoms with E-state index in [1.165, 1.54) is 4.90 Å². The SMILES string of the molecule is [2H]C([2H])(c1c[nH]c2ccccc12)[C@H]1CCCN1C([2H])([2H])[2H]. The van der Waals surface area contributed by atoms with Crippen molar-refractivity contribution in [2.45, 2.75) is 25.3 Å². The van der Waals surface area contributed by atoms with Crippen molar-refractivity contribution in [2.75, 3.05) is 13.5 Å². The topological polar surface area (TPSA) is 19.0 Å². The number of likely N-dealkylation sites (N-methyl/N-ethyl adjacent to an activating group) is 1. The lowest BCUT2D eigenvalue weighted by Gasteiger charge is -2.18. The molecule has 0 saturated carbocycles. The number of nitrogens with zero attached hydrogens (tertiary/aromatic N) is 1. The second-order valence-electron chi connectivity index (χ2n) is 4.24. The molecule has 0 unspecified atom stereocenters. The molecular weight excluding hydrogens is 196 g/mol. The Morgan fingerprint density at radius 2 is 2.50 bits per heavy atom. The number of hydrogen-bond donors (Lipinski definition) is 1. The first-order valence-corrected chi connectivity index (χ1v) is 5.65.